The van der Waals surface area contributed by atoms with Gasteiger partial charge in [0.05, 0.1) is 0 Å². The van der Waals surface area contributed by atoms with E-state index >= 15 is 0 Å². The van der Waals surface area contributed by atoms with Gasteiger partial charge in [0.25, 0.3) is 5.91 Å². The zero-order chi connectivity index (χ0) is 18.1. The van der Waals surface area contributed by atoms with E-state index in [9.17, 15) is 4.79 Å². The summed E-state index contributed by atoms with van der Waals surface area (Å²) in [5.41, 5.74) is 0. The fourth-order valence-corrected chi connectivity index (χ4v) is 3.03. The van der Waals surface area contributed by atoms with Crippen LogP contribution in [0.1, 0.15) is 52.9 Å². The molecule has 25 heavy (non-hydrogen) atoms. The van der Waals surface area contributed by atoms with Crippen molar-refractivity contribution in [1.82, 2.24) is 5.32 Å². The van der Waals surface area contributed by atoms with Gasteiger partial charge in [-0.05, 0) is 41.7 Å². The molecule has 0 aliphatic heterocycles. The molecule has 2 atom stereocenters. The minimum Gasteiger partial charge on any atom is -0.481 e. The van der Waals surface area contributed by atoms with Crippen LogP contribution >= 0.6 is 0 Å². The Morgan fingerprint density at radius 2 is 1.80 bits per heavy atom. The second kappa shape index (κ2) is 10.1. The number of ether oxygens (including phenoxy) is 1. The van der Waals surface area contributed by atoms with Crippen molar-refractivity contribution >= 4 is 16.7 Å². The van der Waals surface area contributed by atoms with Crippen LogP contribution in [0.3, 0.4) is 0 Å². The molecule has 0 radical (unpaired) electrons. The van der Waals surface area contributed by atoms with E-state index < -0.39 is 6.10 Å². The Hall–Kier alpha value is -2.03. The number of nitrogens with one attached hydrogen (secondary N) is 1. The normalized spacial score (nSPS) is 13.4. The van der Waals surface area contributed by atoms with Crippen LogP contribution in [0.25, 0.3) is 10.8 Å². The minimum atomic E-state index is -0.440. The molecule has 1 amide bonds. The van der Waals surface area contributed by atoms with Gasteiger partial charge in [0.1, 0.15) is 5.75 Å². The van der Waals surface area contributed by atoms with E-state index in [1.165, 1.54) is 24.6 Å². The predicted octanol–water partition coefficient (Wildman–Crippen LogP) is 5.33. The Kier molecular flexibility index (Phi) is 7.77. The maximum atomic E-state index is 12.5. The van der Waals surface area contributed by atoms with Crippen molar-refractivity contribution in [3.05, 3.63) is 42.5 Å². The van der Waals surface area contributed by atoms with Gasteiger partial charge < -0.3 is 10.1 Å². The largest absolute Gasteiger partial charge is 0.481 e. The van der Waals surface area contributed by atoms with E-state index in [4.69, 9.17) is 4.74 Å². The van der Waals surface area contributed by atoms with Crippen molar-refractivity contribution in [2.75, 3.05) is 6.54 Å². The molecule has 2 aromatic carbocycles. The van der Waals surface area contributed by atoms with E-state index in [1.807, 2.05) is 37.3 Å². The molecule has 2 rings (SSSR count). The molecular formula is C22H31NO2. The molecule has 0 aliphatic carbocycles. The second-order valence-electron chi connectivity index (χ2n) is 6.69. The minimum absolute atomic E-state index is 0.00870. The molecule has 1 N–H and O–H groups in total. The zero-order valence-electron chi connectivity index (χ0n) is 15.8. The molecule has 2 unspecified atom stereocenters. The van der Waals surface area contributed by atoms with Crippen LogP contribution < -0.4 is 10.1 Å². The van der Waals surface area contributed by atoms with Crippen LogP contribution in [-0.2, 0) is 4.79 Å². The van der Waals surface area contributed by atoms with Gasteiger partial charge in [0, 0.05) is 6.54 Å². The maximum Gasteiger partial charge on any atom is 0.261 e. The Balaban J connectivity index is 1.94. The number of carbonyl (C=O) groups excluding carboxylic acids is 1. The van der Waals surface area contributed by atoms with Gasteiger partial charge in [0.15, 0.2) is 6.10 Å². The summed E-state index contributed by atoms with van der Waals surface area (Å²) < 4.78 is 5.97. The van der Waals surface area contributed by atoms with Crippen molar-refractivity contribution < 1.29 is 9.53 Å². The van der Waals surface area contributed by atoms with Crippen molar-refractivity contribution in [2.45, 2.75) is 59.0 Å². The molecule has 0 aromatic heterocycles. The average Bonchev–Trinajstić information content (AvgIpc) is 2.65. The molecule has 3 heteroatoms. The molecule has 0 saturated carbocycles. The highest BCUT2D eigenvalue weighted by atomic mass is 16.5. The number of rotatable bonds is 10. The standard InChI is InChI=1S/C22H31NO2/c1-4-7-10-17(5-2)16-23-22(24)21(6-3)25-20-14-13-18-11-8-9-12-19(18)15-20/h8-9,11-15,17,21H,4-7,10,16H2,1-3H3,(H,23,24). The van der Waals surface area contributed by atoms with E-state index in [-0.39, 0.29) is 5.91 Å². The van der Waals surface area contributed by atoms with Crippen LogP contribution in [0.15, 0.2) is 42.5 Å². The van der Waals surface area contributed by atoms with Gasteiger partial charge in [-0.1, -0.05) is 70.4 Å². The van der Waals surface area contributed by atoms with Gasteiger partial charge in [-0.15, -0.1) is 0 Å². The first-order valence-electron chi connectivity index (χ1n) is 9.61. The lowest BCUT2D eigenvalue weighted by Gasteiger charge is -2.20. The summed E-state index contributed by atoms with van der Waals surface area (Å²) in [6.07, 6.45) is 4.92. The summed E-state index contributed by atoms with van der Waals surface area (Å²) in [6, 6.07) is 14.1. The highest BCUT2D eigenvalue weighted by molar-refractivity contribution is 5.84. The Morgan fingerprint density at radius 1 is 1.04 bits per heavy atom. The first kappa shape index (κ1) is 19.3. The van der Waals surface area contributed by atoms with Crippen molar-refractivity contribution in [2.24, 2.45) is 5.92 Å². The van der Waals surface area contributed by atoms with Crippen LogP contribution in [0.5, 0.6) is 5.75 Å². The topological polar surface area (TPSA) is 38.3 Å². The average molecular weight is 341 g/mol. The second-order valence-corrected chi connectivity index (χ2v) is 6.69. The summed E-state index contributed by atoms with van der Waals surface area (Å²) in [5.74, 6) is 1.30. The summed E-state index contributed by atoms with van der Waals surface area (Å²) >= 11 is 0. The third-order valence-corrected chi connectivity index (χ3v) is 4.77. The smallest absolute Gasteiger partial charge is 0.261 e. The number of unbranched alkanes of at least 4 members (excludes halogenated alkanes) is 1. The third-order valence-electron chi connectivity index (χ3n) is 4.77. The molecular weight excluding hydrogens is 310 g/mol. The van der Waals surface area contributed by atoms with Gasteiger partial charge in [-0.3, -0.25) is 4.79 Å². The lowest BCUT2D eigenvalue weighted by Crippen LogP contribution is -2.40. The molecule has 0 heterocycles. The highest BCUT2D eigenvalue weighted by Crippen LogP contribution is 2.22. The molecule has 0 bridgehead atoms. The number of carbonyl (C=O) groups is 1. The van der Waals surface area contributed by atoms with Crippen LogP contribution in [0, 0.1) is 5.92 Å². The lowest BCUT2D eigenvalue weighted by atomic mass is 9.99. The molecule has 0 fully saturated rings. The van der Waals surface area contributed by atoms with Gasteiger partial charge >= 0.3 is 0 Å². The fourth-order valence-electron chi connectivity index (χ4n) is 3.03. The Labute approximate surface area is 151 Å². The quantitative estimate of drug-likeness (QED) is 0.634. The molecule has 136 valence electrons. The molecule has 0 aliphatic rings. The molecule has 0 saturated heterocycles. The molecule has 3 nitrogen and oxygen atoms in total. The number of benzene rings is 2. The number of fused-ring (bicyclic) bond motifs is 1. The predicted molar refractivity (Wildman–Crippen MR) is 105 cm³/mol. The summed E-state index contributed by atoms with van der Waals surface area (Å²) in [5, 5.41) is 5.39. The van der Waals surface area contributed by atoms with Crippen LogP contribution in [0.2, 0.25) is 0 Å². The van der Waals surface area contributed by atoms with E-state index in [2.05, 4.69) is 31.3 Å². The van der Waals surface area contributed by atoms with Crippen molar-refractivity contribution in [1.29, 1.82) is 0 Å². The summed E-state index contributed by atoms with van der Waals surface area (Å²) in [4.78, 5) is 12.5. The molecule has 2 aromatic rings. The third kappa shape index (κ3) is 5.77. The van der Waals surface area contributed by atoms with Gasteiger partial charge in [-0.25, -0.2) is 0 Å². The summed E-state index contributed by atoms with van der Waals surface area (Å²) in [7, 11) is 0. The zero-order valence-corrected chi connectivity index (χ0v) is 15.8. The maximum absolute atomic E-state index is 12.5. The molecule has 0 spiro atoms. The number of hydrogen-bond acceptors (Lipinski definition) is 2. The first-order chi connectivity index (χ1) is 12.2. The van der Waals surface area contributed by atoms with Crippen molar-refractivity contribution in [3.8, 4) is 5.75 Å². The van der Waals surface area contributed by atoms with Crippen LogP contribution in [0.4, 0.5) is 0 Å². The monoisotopic (exact) mass is 341 g/mol. The highest BCUT2D eigenvalue weighted by Gasteiger charge is 2.19. The fraction of sp³-hybridized carbons (Fsp3) is 0.500. The van der Waals surface area contributed by atoms with Gasteiger partial charge in [0.2, 0.25) is 0 Å². The lowest BCUT2D eigenvalue weighted by molar-refractivity contribution is -0.128. The SMILES string of the molecule is CCCCC(CC)CNC(=O)C(CC)Oc1ccc2ccccc2c1. The van der Waals surface area contributed by atoms with Crippen molar-refractivity contribution in [3.63, 3.8) is 0 Å². The van der Waals surface area contributed by atoms with Gasteiger partial charge in [-0.2, -0.15) is 0 Å². The van der Waals surface area contributed by atoms with Crippen LogP contribution in [-0.4, -0.2) is 18.6 Å². The van der Waals surface area contributed by atoms with E-state index in [1.54, 1.807) is 0 Å². The Morgan fingerprint density at radius 3 is 2.48 bits per heavy atom. The first-order valence-corrected chi connectivity index (χ1v) is 9.61. The number of hydrogen-bond donors (Lipinski definition) is 1. The number of amides is 1. The Bertz CT molecular complexity index is 668. The van der Waals surface area contributed by atoms with E-state index in [0.29, 0.717) is 12.3 Å². The van der Waals surface area contributed by atoms with E-state index in [0.717, 1.165) is 24.1 Å². The summed E-state index contributed by atoms with van der Waals surface area (Å²) in [6.45, 7) is 7.12.